The third-order valence-corrected chi connectivity index (χ3v) is 2.35. The van der Waals surface area contributed by atoms with Gasteiger partial charge in [0.2, 0.25) is 0 Å². The molecule has 12 heavy (non-hydrogen) atoms. The first-order chi connectivity index (χ1) is 5.59. The fourth-order valence-corrected chi connectivity index (χ4v) is 1.75. The third-order valence-electron chi connectivity index (χ3n) is 2.35. The minimum atomic E-state index is -1.01. The zero-order valence-electron chi connectivity index (χ0n) is 7.76. The van der Waals surface area contributed by atoms with Crippen molar-refractivity contribution in [3.05, 3.63) is 11.6 Å². The summed E-state index contributed by atoms with van der Waals surface area (Å²) in [6.45, 7) is 4.05. The van der Waals surface area contributed by atoms with Gasteiger partial charge in [-0.3, -0.25) is 0 Å². The minimum absolute atomic E-state index is 0.341. The Labute approximate surface area is 73.3 Å². The van der Waals surface area contributed by atoms with E-state index in [4.69, 9.17) is 5.11 Å². The first-order valence-corrected chi connectivity index (χ1v) is 4.56. The molecule has 0 amide bonds. The summed E-state index contributed by atoms with van der Waals surface area (Å²) in [5, 5.41) is 9.13. The number of hydrogen-bond acceptors (Lipinski definition) is 1. The van der Waals surface area contributed by atoms with Crippen molar-refractivity contribution >= 4 is 0 Å². The molecule has 1 aliphatic carbocycles. The fourth-order valence-electron chi connectivity index (χ4n) is 1.75. The Morgan fingerprint density at radius 2 is 2.08 bits per heavy atom. The number of allylic oxidation sites excluding steroid dienone is 2. The van der Waals surface area contributed by atoms with Crippen molar-refractivity contribution in [1.29, 1.82) is 0 Å². The van der Waals surface area contributed by atoms with Gasteiger partial charge in [-0.05, 0) is 39.0 Å². The van der Waals surface area contributed by atoms with Crippen molar-refractivity contribution in [3.63, 3.8) is 0 Å². The third kappa shape index (κ3) is 2.59. The molecule has 0 aromatic rings. The van der Waals surface area contributed by atoms with Crippen LogP contribution in [0.25, 0.3) is 0 Å². The second-order valence-electron chi connectivity index (χ2n) is 3.90. The summed E-state index contributed by atoms with van der Waals surface area (Å²) < 4.78 is 13.0. The van der Waals surface area contributed by atoms with Crippen LogP contribution in [0.3, 0.4) is 0 Å². The predicted octanol–water partition coefficient (Wildman–Crippen LogP) is 2.45. The van der Waals surface area contributed by atoms with Crippen LogP contribution in [-0.2, 0) is 0 Å². The number of rotatable bonds is 1. The standard InChI is InChI=1S/C10H17FO/c1-7(2)5-8-3-4-10(12)9(11)6-8/h5,8-10,12H,3-4,6H2,1-2H3. The molecule has 1 saturated carbocycles. The van der Waals surface area contributed by atoms with Crippen LogP contribution in [0.4, 0.5) is 4.39 Å². The Bertz CT molecular complexity index is 173. The zero-order valence-corrected chi connectivity index (χ0v) is 7.76. The maximum Gasteiger partial charge on any atom is 0.126 e. The van der Waals surface area contributed by atoms with Crippen LogP contribution in [0.2, 0.25) is 0 Å². The summed E-state index contributed by atoms with van der Waals surface area (Å²) in [4.78, 5) is 0. The molecular formula is C10H17FO. The molecule has 1 rings (SSSR count). The molecule has 0 aromatic heterocycles. The van der Waals surface area contributed by atoms with Crippen LogP contribution >= 0.6 is 0 Å². The molecule has 1 fully saturated rings. The lowest BCUT2D eigenvalue weighted by atomic mass is 9.85. The number of aliphatic hydroxyl groups excluding tert-OH is 1. The van der Waals surface area contributed by atoms with Crippen molar-refractivity contribution < 1.29 is 9.50 Å². The normalized spacial score (nSPS) is 36.2. The average molecular weight is 172 g/mol. The molecule has 0 spiro atoms. The lowest BCUT2D eigenvalue weighted by Gasteiger charge is -2.26. The largest absolute Gasteiger partial charge is 0.390 e. The fraction of sp³-hybridized carbons (Fsp3) is 0.800. The Hall–Kier alpha value is -0.370. The van der Waals surface area contributed by atoms with Crippen molar-refractivity contribution in [3.8, 4) is 0 Å². The molecule has 0 aromatic carbocycles. The highest BCUT2D eigenvalue weighted by Crippen LogP contribution is 2.28. The summed E-state index contributed by atoms with van der Waals surface area (Å²) in [5.41, 5.74) is 1.24. The van der Waals surface area contributed by atoms with Crippen LogP contribution in [0.5, 0.6) is 0 Å². The van der Waals surface area contributed by atoms with Gasteiger partial charge in [-0.2, -0.15) is 0 Å². The van der Waals surface area contributed by atoms with Crippen molar-refractivity contribution in [1.82, 2.24) is 0 Å². The van der Waals surface area contributed by atoms with E-state index < -0.39 is 12.3 Å². The van der Waals surface area contributed by atoms with Crippen molar-refractivity contribution in [2.75, 3.05) is 0 Å². The summed E-state index contributed by atoms with van der Waals surface area (Å²) in [7, 11) is 0. The molecule has 3 unspecified atom stereocenters. The van der Waals surface area contributed by atoms with E-state index in [9.17, 15) is 4.39 Å². The van der Waals surface area contributed by atoms with Gasteiger partial charge in [0.1, 0.15) is 6.17 Å². The van der Waals surface area contributed by atoms with E-state index in [-0.39, 0.29) is 0 Å². The SMILES string of the molecule is CC(C)=CC1CCC(O)C(F)C1. The van der Waals surface area contributed by atoms with E-state index in [1.54, 1.807) is 0 Å². The topological polar surface area (TPSA) is 20.2 Å². The second kappa shape index (κ2) is 4.04. The Morgan fingerprint density at radius 1 is 1.42 bits per heavy atom. The molecule has 0 heterocycles. The van der Waals surface area contributed by atoms with E-state index in [2.05, 4.69) is 6.08 Å². The molecule has 2 heteroatoms. The molecule has 0 bridgehead atoms. The van der Waals surface area contributed by atoms with Crippen LogP contribution in [-0.4, -0.2) is 17.4 Å². The quantitative estimate of drug-likeness (QED) is 0.602. The minimum Gasteiger partial charge on any atom is -0.390 e. The first kappa shape index (κ1) is 9.72. The van der Waals surface area contributed by atoms with Gasteiger partial charge in [0, 0.05) is 0 Å². The lowest BCUT2D eigenvalue weighted by Crippen LogP contribution is -2.29. The summed E-state index contributed by atoms with van der Waals surface area (Å²) >= 11 is 0. The van der Waals surface area contributed by atoms with E-state index in [1.165, 1.54) is 5.57 Å². The number of halogens is 1. The van der Waals surface area contributed by atoms with Crippen molar-refractivity contribution in [2.45, 2.75) is 45.4 Å². The number of hydrogen-bond donors (Lipinski definition) is 1. The Kier molecular flexibility index (Phi) is 3.27. The van der Waals surface area contributed by atoms with Gasteiger partial charge in [-0.25, -0.2) is 4.39 Å². The first-order valence-electron chi connectivity index (χ1n) is 4.56. The number of alkyl halides is 1. The zero-order chi connectivity index (χ0) is 9.14. The van der Waals surface area contributed by atoms with Gasteiger partial charge < -0.3 is 5.11 Å². The highest BCUT2D eigenvalue weighted by atomic mass is 19.1. The monoisotopic (exact) mass is 172 g/mol. The van der Waals surface area contributed by atoms with Gasteiger partial charge in [-0.15, -0.1) is 0 Å². The van der Waals surface area contributed by atoms with Crippen LogP contribution in [0.15, 0.2) is 11.6 Å². The highest BCUT2D eigenvalue weighted by molar-refractivity contribution is 5.00. The van der Waals surface area contributed by atoms with Crippen molar-refractivity contribution in [2.24, 2.45) is 5.92 Å². The molecule has 0 radical (unpaired) electrons. The molecule has 0 aliphatic heterocycles. The second-order valence-corrected chi connectivity index (χ2v) is 3.90. The van der Waals surface area contributed by atoms with Gasteiger partial charge in [0.25, 0.3) is 0 Å². The van der Waals surface area contributed by atoms with Crippen LogP contribution in [0.1, 0.15) is 33.1 Å². The highest BCUT2D eigenvalue weighted by Gasteiger charge is 2.27. The Morgan fingerprint density at radius 3 is 2.58 bits per heavy atom. The predicted molar refractivity (Wildman–Crippen MR) is 47.7 cm³/mol. The van der Waals surface area contributed by atoms with Gasteiger partial charge in [-0.1, -0.05) is 11.6 Å². The summed E-state index contributed by atoms with van der Waals surface area (Å²) in [5.74, 6) is 0.341. The van der Waals surface area contributed by atoms with Crippen LogP contribution in [0, 0.1) is 5.92 Å². The van der Waals surface area contributed by atoms with Gasteiger partial charge in [0.15, 0.2) is 0 Å². The van der Waals surface area contributed by atoms with E-state index in [1.807, 2.05) is 13.8 Å². The molecule has 0 saturated heterocycles. The van der Waals surface area contributed by atoms with Gasteiger partial charge in [0.05, 0.1) is 6.10 Å². The Balaban J connectivity index is 2.46. The molecule has 3 atom stereocenters. The average Bonchev–Trinajstić information content (AvgIpc) is 1.96. The lowest BCUT2D eigenvalue weighted by molar-refractivity contribution is 0.0322. The number of aliphatic hydroxyl groups is 1. The summed E-state index contributed by atoms with van der Waals surface area (Å²) in [6.07, 6.45) is 2.40. The van der Waals surface area contributed by atoms with Gasteiger partial charge >= 0.3 is 0 Å². The molecule has 70 valence electrons. The van der Waals surface area contributed by atoms with E-state index in [0.29, 0.717) is 18.8 Å². The molecule has 1 N–H and O–H groups in total. The smallest absolute Gasteiger partial charge is 0.126 e. The van der Waals surface area contributed by atoms with E-state index >= 15 is 0 Å². The summed E-state index contributed by atoms with van der Waals surface area (Å²) in [6, 6.07) is 0. The molecular weight excluding hydrogens is 155 g/mol. The van der Waals surface area contributed by atoms with E-state index in [0.717, 1.165) is 6.42 Å². The molecule has 1 nitrogen and oxygen atoms in total. The van der Waals surface area contributed by atoms with Crippen LogP contribution < -0.4 is 0 Å². The maximum absolute atomic E-state index is 13.0. The maximum atomic E-state index is 13.0. The molecule has 1 aliphatic rings.